The van der Waals surface area contributed by atoms with E-state index in [4.69, 9.17) is 0 Å². The Morgan fingerprint density at radius 2 is 1.81 bits per heavy atom. The quantitative estimate of drug-likeness (QED) is 0.715. The third kappa shape index (κ3) is 3.28. The van der Waals surface area contributed by atoms with E-state index in [1.54, 1.807) is 11.8 Å². The molecule has 0 unspecified atom stereocenters. The van der Waals surface area contributed by atoms with Gasteiger partial charge in [0.15, 0.2) is 0 Å². The van der Waals surface area contributed by atoms with Crippen LogP contribution in [0.3, 0.4) is 0 Å². The van der Waals surface area contributed by atoms with Crippen molar-refractivity contribution in [1.82, 2.24) is 9.78 Å². The number of nitrogens with zero attached hydrogens (tertiary/aromatic N) is 2. The Morgan fingerprint density at radius 3 is 2.62 bits per heavy atom. The number of hydrogen-bond donors (Lipinski definition) is 1. The largest absolute Gasteiger partial charge is 0.380 e. The van der Waals surface area contributed by atoms with Crippen molar-refractivity contribution in [2.24, 2.45) is 0 Å². The molecule has 4 heteroatoms. The van der Waals surface area contributed by atoms with E-state index >= 15 is 0 Å². The lowest BCUT2D eigenvalue weighted by molar-refractivity contribution is 0.880. The van der Waals surface area contributed by atoms with E-state index < -0.39 is 0 Å². The van der Waals surface area contributed by atoms with Crippen molar-refractivity contribution in [3.05, 3.63) is 72.6 Å². The highest BCUT2D eigenvalue weighted by molar-refractivity contribution is 7.98. The summed E-state index contributed by atoms with van der Waals surface area (Å²) >= 11 is 1.75. The highest BCUT2D eigenvalue weighted by Gasteiger charge is 2.03. The van der Waals surface area contributed by atoms with Gasteiger partial charge in [0.1, 0.15) is 0 Å². The maximum atomic E-state index is 4.41. The van der Waals surface area contributed by atoms with Crippen LogP contribution in [0, 0.1) is 0 Å². The third-order valence-electron chi connectivity index (χ3n) is 3.25. The summed E-state index contributed by atoms with van der Waals surface area (Å²) in [5.74, 6) is 0. The minimum atomic E-state index is 0.768. The molecule has 1 aromatic heterocycles. The number of nitrogens with one attached hydrogen (secondary N) is 1. The van der Waals surface area contributed by atoms with E-state index in [0.717, 1.165) is 23.5 Å². The van der Waals surface area contributed by atoms with Crippen LogP contribution in [0.5, 0.6) is 0 Å². The van der Waals surface area contributed by atoms with Crippen LogP contribution in [0.25, 0.3) is 5.69 Å². The average Bonchev–Trinajstić information content (AvgIpc) is 3.03. The zero-order chi connectivity index (χ0) is 14.5. The smallest absolute Gasteiger partial charge is 0.0645 e. The molecule has 0 saturated carbocycles. The van der Waals surface area contributed by atoms with Crippen molar-refractivity contribution < 1.29 is 0 Å². The lowest BCUT2D eigenvalue weighted by Gasteiger charge is -2.08. The Hall–Kier alpha value is -2.20. The van der Waals surface area contributed by atoms with Crippen molar-refractivity contribution >= 4 is 17.4 Å². The van der Waals surface area contributed by atoms with Crippen LogP contribution in [0.2, 0.25) is 0 Å². The van der Waals surface area contributed by atoms with Crippen LogP contribution in [0.15, 0.2) is 71.9 Å². The van der Waals surface area contributed by atoms with Crippen molar-refractivity contribution in [2.75, 3.05) is 11.6 Å². The standard InChI is InChI=1S/C17H17N3S/c1-21-17-10-6-5-9-16(17)18-11-14-12-19-20(13-14)15-7-3-2-4-8-15/h2-10,12-13,18H,11H2,1H3. The predicted octanol–water partition coefficient (Wildman–Crippen LogP) is 4.21. The van der Waals surface area contributed by atoms with Gasteiger partial charge in [0.2, 0.25) is 0 Å². The molecule has 0 atom stereocenters. The van der Waals surface area contributed by atoms with Gasteiger partial charge < -0.3 is 5.32 Å². The zero-order valence-electron chi connectivity index (χ0n) is 11.9. The molecule has 0 bridgehead atoms. The minimum Gasteiger partial charge on any atom is -0.380 e. The molecule has 1 N–H and O–H groups in total. The minimum absolute atomic E-state index is 0.768. The third-order valence-corrected chi connectivity index (χ3v) is 4.04. The summed E-state index contributed by atoms with van der Waals surface area (Å²) in [7, 11) is 0. The molecule has 0 fully saturated rings. The van der Waals surface area contributed by atoms with Crippen LogP contribution >= 0.6 is 11.8 Å². The second-order valence-electron chi connectivity index (χ2n) is 4.68. The molecule has 0 aliphatic rings. The second kappa shape index (κ2) is 6.50. The Balaban J connectivity index is 1.71. The van der Waals surface area contributed by atoms with Gasteiger partial charge in [0, 0.05) is 28.9 Å². The van der Waals surface area contributed by atoms with E-state index in [2.05, 4.69) is 47.1 Å². The number of thioether (sulfide) groups is 1. The Morgan fingerprint density at radius 1 is 1.05 bits per heavy atom. The van der Waals surface area contributed by atoms with Gasteiger partial charge in [0.05, 0.1) is 11.9 Å². The lowest BCUT2D eigenvalue weighted by Crippen LogP contribution is -1.99. The van der Waals surface area contributed by atoms with Gasteiger partial charge in [-0.3, -0.25) is 0 Å². The normalized spacial score (nSPS) is 10.5. The van der Waals surface area contributed by atoms with E-state index in [-0.39, 0.29) is 0 Å². The van der Waals surface area contributed by atoms with Crippen LogP contribution in [-0.2, 0) is 6.54 Å². The summed E-state index contributed by atoms with van der Waals surface area (Å²) in [5.41, 5.74) is 3.40. The fraction of sp³-hybridized carbons (Fsp3) is 0.118. The summed E-state index contributed by atoms with van der Waals surface area (Å²) in [6.45, 7) is 0.768. The van der Waals surface area contributed by atoms with Gasteiger partial charge in [-0.1, -0.05) is 30.3 Å². The van der Waals surface area contributed by atoms with Gasteiger partial charge in [-0.2, -0.15) is 5.10 Å². The molecule has 0 amide bonds. The second-order valence-corrected chi connectivity index (χ2v) is 5.53. The van der Waals surface area contributed by atoms with Gasteiger partial charge in [-0.25, -0.2) is 4.68 Å². The van der Waals surface area contributed by atoms with Crippen molar-refractivity contribution in [2.45, 2.75) is 11.4 Å². The summed E-state index contributed by atoms with van der Waals surface area (Å²) in [4.78, 5) is 1.26. The van der Waals surface area contributed by atoms with Crippen LogP contribution in [-0.4, -0.2) is 16.0 Å². The molecule has 0 aliphatic carbocycles. The van der Waals surface area contributed by atoms with Crippen molar-refractivity contribution in [3.63, 3.8) is 0 Å². The van der Waals surface area contributed by atoms with Gasteiger partial charge in [-0.15, -0.1) is 11.8 Å². The van der Waals surface area contributed by atoms with Crippen LogP contribution in [0.4, 0.5) is 5.69 Å². The summed E-state index contributed by atoms with van der Waals surface area (Å²) in [5, 5.41) is 7.88. The SMILES string of the molecule is CSc1ccccc1NCc1cnn(-c2ccccc2)c1. The first-order valence-electron chi connectivity index (χ1n) is 6.82. The molecule has 0 spiro atoms. The Bertz CT molecular complexity index is 707. The number of rotatable bonds is 5. The molecule has 2 aromatic carbocycles. The number of hydrogen-bond acceptors (Lipinski definition) is 3. The summed E-state index contributed by atoms with van der Waals surface area (Å²) in [6.07, 6.45) is 6.06. The van der Waals surface area contributed by atoms with Gasteiger partial charge in [-0.05, 0) is 30.5 Å². The molecule has 0 aliphatic heterocycles. The number of anilines is 1. The first-order chi connectivity index (χ1) is 10.4. The van der Waals surface area contributed by atoms with Crippen molar-refractivity contribution in [1.29, 1.82) is 0 Å². The molecule has 0 radical (unpaired) electrons. The number of benzene rings is 2. The molecule has 0 saturated heterocycles. The molecule has 3 nitrogen and oxygen atoms in total. The molecule has 1 heterocycles. The highest BCUT2D eigenvalue weighted by atomic mass is 32.2. The summed E-state index contributed by atoms with van der Waals surface area (Å²) in [6, 6.07) is 18.5. The van der Waals surface area contributed by atoms with E-state index in [9.17, 15) is 0 Å². The van der Waals surface area contributed by atoms with Crippen LogP contribution in [0.1, 0.15) is 5.56 Å². The molecule has 21 heavy (non-hydrogen) atoms. The molecular formula is C17H17N3S. The first kappa shape index (κ1) is 13.8. The molecule has 106 valence electrons. The van der Waals surface area contributed by atoms with Crippen molar-refractivity contribution in [3.8, 4) is 5.69 Å². The number of aromatic nitrogens is 2. The number of para-hydroxylation sites is 2. The monoisotopic (exact) mass is 295 g/mol. The van der Waals surface area contributed by atoms with Gasteiger partial charge >= 0.3 is 0 Å². The lowest BCUT2D eigenvalue weighted by atomic mass is 10.3. The predicted molar refractivity (Wildman–Crippen MR) is 89.1 cm³/mol. The van der Waals surface area contributed by atoms with E-state index in [0.29, 0.717) is 0 Å². The fourth-order valence-electron chi connectivity index (χ4n) is 2.16. The first-order valence-corrected chi connectivity index (χ1v) is 8.05. The maximum Gasteiger partial charge on any atom is 0.0645 e. The topological polar surface area (TPSA) is 29.9 Å². The molecular weight excluding hydrogens is 278 g/mol. The fourth-order valence-corrected chi connectivity index (χ4v) is 2.74. The Labute approximate surface area is 129 Å². The van der Waals surface area contributed by atoms with Crippen LogP contribution < -0.4 is 5.32 Å². The van der Waals surface area contributed by atoms with Gasteiger partial charge in [0.25, 0.3) is 0 Å². The zero-order valence-corrected chi connectivity index (χ0v) is 12.7. The summed E-state index contributed by atoms with van der Waals surface area (Å²) < 4.78 is 1.90. The highest BCUT2D eigenvalue weighted by Crippen LogP contribution is 2.25. The maximum absolute atomic E-state index is 4.41. The molecule has 3 aromatic rings. The molecule has 3 rings (SSSR count). The Kier molecular flexibility index (Phi) is 4.26. The average molecular weight is 295 g/mol. The van der Waals surface area contributed by atoms with E-state index in [1.165, 1.54) is 4.90 Å². The van der Waals surface area contributed by atoms with E-state index in [1.807, 2.05) is 41.2 Å².